The zero-order chi connectivity index (χ0) is 20.9. The Morgan fingerprint density at radius 1 is 1.30 bits per heavy atom. The third-order valence-electron chi connectivity index (χ3n) is 8.44. The Hall–Kier alpha value is -0.720. The molecule has 0 radical (unpaired) electrons. The van der Waals surface area contributed by atoms with Crippen molar-refractivity contribution in [2.45, 2.75) is 66.1 Å². The van der Waals surface area contributed by atoms with Gasteiger partial charge in [0, 0.05) is 23.4 Å². The predicted molar refractivity (Wildman–Crippen MR) is 117 cm³/mol. The normalized spacial score (nSPS) is 41.0. The number of fused-ring (bicyclic) bond motifs is 3. The summed E-state index contributed by atoms with van der Waals surface area (Å²) in [5.74, 6) is 0. The maximum atomic E-state index is 13.3. The summed E-state index contributed by atoms with van der Waals surface area (Å²) >= 11 is 17.5. The lowest BCUT2D eigenvalue weighted by Crippen LogP contribution is -2.67. The molecule has 4 fully saturated rings. The van der Waals surface area contributed by atoms with E-state index >= 15 is 0 Å². The number of nitrogens with zero attached hydrogens (tertiary/aromatic N) is 2. The Morgan fingerprint density at radius 3 is 2.87 bits per heavy atom. The zero-order valence-electron chi connectivity index (χ0n) is 16.8. The van der Waals surface area contributed by atoms with Crippen LogP contribution in [0, 0.1) is 5.41 Å². The van der Waals surface area contributed by atoms with Gasteiger partial charge in [-0.3, -0.25) is 9.80 Å². The van der Waals surface area contributed by atoms with E-state index in [0.29, 0.717) is 18.2 Å². The van der Waals surface area contributed by atoms with Crippen molar-refractivity contribution < 1.29 is 14.3 Å². The molecule has 0 bridgehead atoms. The molecule has 1 aromatic carbocycles. The molecule has 3 saturated heterocycles. The molecule has 0 aromatic heterocycles. The molecule has 1 saturated carbocycles. The molecule has 5 nitrogen and oxygen atoms in total. The standard InChI is InChI=1S/C22H25Cl3N2O3/c1-2-20-8-7-16-21(9-10-26(18(20)21)11-15-17(20)30-15)13-5-3-4-6-14(13)27(16)19(28)29-12-22(23,24)25/h3-6,15-18H,2,7-12H2,1H3/t15-,16+,17-,18+,20-,21+/m1/s1. The van der Waals surface area contributed by atoms with Crippen molar-refractivity contribution in [1.29, 1.82) is 0 Å². The number of carbonyl (C=O) groups excluding carboxylic acids is 1. The minimum atomic E-state index is -1.62. The molecule has 1 aromatic rings. The molecule has 30 heavy (non-hydrogen) atoms. The van der Waals surface area contributed by atoms with Gasteiger partial charge in [0.05, 0.1) is 23.9 Å². The largest absolute Gasteiger partial charge is 0.445 e. The average molecular weight is 472 g/mol. The third-order valence-corrected chi connectivity index (χ3v) is 8.77. The lowest BCUT2D eigenvalue weighted by molar-refractivity contribution is -0.0245. The summed E-state index contributed by atoms with van der Waals surface area (Å²) in [6.07, 6.45) is 4.46. The molecule has 162 valence electrons. The first-order valence-corrected chi connectivity index (χ1v) is 12.0. The first kappa shape index (κ1) is 19.9. The molecule has 5 aliphatic rings. The number of hydrogen-bond donors (Lipinski definition) is 0. The Bertz CT molecular complexity index is 908. The van der Waals surface area contributed by atoms with Crippen molar-refractivity contribution in [2.75, 3.05) is 24.6 Å². The second kappa shape index (κ2) is 6.41. The van der Waals surface area contributed by atoms with Gasteiger partial charge in [0.15, 0.2) is 0 Å². The van der Waals surface area contributed by atoms with E-state index in [1.165, 1.54) is 5.56 Å². The molecule has 4 heterocycles. The van der Waals surface area contributed by atoms with E-state index in [9.17, 15) is 4.79 Å². The number of ether oxygens (including phenoxy) is 2. The van der Waals surface area contributed by atoms with Gasteiger partial charge < -0.3 is 9.47 Å². The minimum absolute atomic E-state index is 0.0581. The van der Waals surface area contributed by atoms with E-state index < -0.39 is 9.89 Å². The maximum absolute atomic E-state index is 13.3. The highest BCUT2D eigenvalue weighted by Crippen LogP contribution is 2.68. The summed E-state index contributed by atoms with van der Waals surface area (Å²) in [6.45, 7) is 4.09. The highest BCUT2D eigenvalue weighted by atomic mass is 35.6. The van der Waals surface area contributed by atoms with Crippen molar-refractivity contribution >= 4 is 46.6 Å². The van der Waals surface area contributed by atoms with E-state index in [4.69, 9.17) is 44.3 Å². The maximum Gasteiger partial charge on any atom is 0.414 e. The Balaban J connectivity index is 1.45. The van der Waals surface area contributed by atoms with E-state index in [2.05, 4.69) is 24.0 Å². The molecule has 8 heteroatoms. The molecule has 6 rings (SSSR count). The number of amides is 1. The number of benzene rings is 1. The number of anilines is 1. The zero-order valence-corrected chi connectivity index (χ0v) is 19.1. The summed E-state index contributed by atoms with van der Waals surface area (Å²) < 4.78 is 10.0. The Kier molecular flexibility index (Phi) is 4.26. The van der Waals surface area contributed by atoms with Gasteiger partial charge in [0.25, 0.3) is 0 Å². The molecular formula is C22H25Cl3N2O3. The van der Waals surface area contributed by atoms with Gasteiger partial charge in [-0.2, -0.15) is 0 Å². The summed E-state index contributed by atoms with van der Waals surface area (Å²) in [5, 5.41) is 0. The van der Waals surface area contributed by atoms with E-state index in [-0.39, 0.29) is 23.5 Å². The monoisotopic (exact) mass is 470 g/mol. The van der Waals surface area contributed by atoms with Crippen LogP contribution in [0.25, 0.3) is 0 Å². The topological polar surface area (TPSA) is 45.3 Å². The Labute approximate surface area is 191 Å². The van der Waals surface area contributed by atoms with Crippen LogP contribution in [0.5, 0.6) is 0 Å². The highest BCUT2D eigenvalue weighted by molar-refractivity contribution is 6.67. The van der Waals surface area contributed by atoms with Gasteiger partial charge in [0.2, 0.25) is 3.79 Å². The quantitative estimate of drug-likeness (QED) is 0.465. The molecule has 4 aliphatic heterocycles. The van der Waals surface area contributed by atoms with Crippen molar-refractivity contribution in [3.63, 3.8) is 0 Å². The van der Waals surface area contributed by atoms with Crippen LogP contribution in [0.1, 0.15) is 38.2 Å². The van der Waals surface area contributed by atoms with Gasteiger partial charge in [-0.05, 0) is 43.9 Å². The average Bonchev–Trinajstić information content (AvgIpc) is 3.32. The SMILES string of the molecule is CC[C@@]12CC[C@@H]3N(C(=O)OCC(Cl)(Cl)Cl)c4ccccc4[C@@]34CCN(C[C@H]3O[C@H]31)[C@@H]24. The third kappa shape index (κ3) is 2.47. The fourth-order valence-electron chi connectivity index (χ4n) is 7.53. The van der Waals surface area contributed by atoms with Crippen LogP contribution < -0.4 is 4.90 Å². The van der Waals surface area contributed by atoms with Crippen molar-refractivity contribution in [2.24, 2.45) is 5.41 Å². The smallest absolute Gasteiger partial charge is 0.414 e. The van der Waals surface area contributed by atoms with Gasteiger partial charge in [0.1, 0.15) is 6.61 Å². The number of alkyl halides is 3. The minimum Gasteiger partial charge on any atom is -0.445 e. The molecule has 1 amide bonds. The van der Waals surface area contributed by atoms with Gasteiger partial charge in [-0.25, -0.2) is 4.79 Å². The van der Waals surface area contributed by atoms with Crippen LogP contribution in [-0.4, -0.2) is 58.8 Å². The van der Waals surface area contributed by atoms with Crippen molar-refractivity contribution in [1.82, 2.24) is 4.90 Å². The summed E-state index contributed by atoms with van der Waals surface area (Å²) in [7, 11) is 0. The van der Waals surface area contributed by atoms with Crippen LogP contribution in [0.15, 0.2) is 24.3 Å². The number of carbonyl (C=O) groups is 1. The molecule has 0 N–H and O–H groups in total. The number of rotatable bonds is 2. The highest BCUT2D eigenvalue weighted by Gasteiger charge is 2.75. The van der Waals surface area contributed by atoms with E-state index in [1.54, 1.807) is 0 Å². The van der Waals surface area contributed by atoms with Gasteiger partial charge >= 0.3 is 6.09 Å². The number of piperidine rings is 1. The van der Waals surface area contributed by atoms with E-state index in [1.807, 2.05) is 17.0 Å². The Morgan fingerprint density at radius 2 is 2.10 bits per heavy atom. The van der Waals surface area contributed by atoms with Crippen LogP contribution in [0.2, 0.25) is 0 Å². The molecule has 1 aliphatic carbocycles. The predicted octanol–water partition coefficient (Wildman–Crippen LogP) is 4.67. The van der Waals surface area contributed by atoms with Crippen LogP contribution >= 0.6 is 34.8 Å². The molecular weight excluding hydrogens is 447 g/mol. The van der Waals surface area contributed by atoms with Crippen LogP contribution in [0.4, 0.5) is 10.5 Å². The lowest BCUT2D eigenvalue weighted by atomic mass is 9.52. The second-order valence-corrected chi connectivity index (χ2v) is 12.0. The molecule has 0 unspecified atom stereocenters. The lowest BCUT2D eigenvalue weighted by Gasteiger charge is -2.57. The second-order valence-electron chi connectivity index (χ2n) is 9.48. The number of epoxide rings is 1. The summed E-state index contributed by atoms with van der Waals surface area (Å²) in [5.41, 5.74) is 2.27. The van der Waals surface area contributed by atoms with Crippen LogP contribution in [-0.2, 0) is 14.9 Å². The number of halogens is 3. The summed E-state index contributed by atoms with van der Waals surface area (Å²) in [6, 6.07) is 8.76. The van der Waals surface area contributed by atoms with Crippen LogP contribution in [0.3, 0.4) is 0 Å². The van der Waals surface area contributed by atoms with Crippen molar-refractivity contribution in [3.05, 3.63) is 29.8 Å². The molecule has 1 spiro atoms. The fourth-order valence-corrected chi connectivity index (χ4v) is 7.70. The number of para-hydroxylation sites is 1. The fraction of sp³-hybridized carbons (Fsp3) is 0.682. The van der Waals surface area contributed by atoms with Gasteiger partial charge in [-0.1, -0.05) is 59.9 Å². The van der Waals surface area contributed by atoms with E-state index in [0.717, 1.165) is 44.5 Å². The summed E-state index contributed by atoms with van der Waals surface area (Å²) in [4.78, 5) is 17.8. The van der Waals surface area contributed by atoms with Crippen molar-refractivity contribution in [3.8, 4) is 0 Å². The number of hydrogen-bond acceptors (Lipinski definition) is 4. The first-order valence-electron chi connectivity index (χ1n) is 10.8. The molecule has 6 atom stereocenters. The van der Waals surface area contributed by atoms with Gasteiger partial charge in [-0.15, -0.1) is 0 Å². The first-order chi connectivity index (χ1) is 14.3.